The molecule has 0 aliphatic rings. The summed E-state index contributed by atoms with van der Waals surface area (Å²) in [5.74, 6) is -0.317. The van der Waals surface area contributed by atoms with Gasteiger partial charge < -0.3 is 9.84 Å². The molecule has 0 bridgehead atoms. The number of aryl methyl sites for hydroxylation is 2. The van der Waals surface area contributed by atoms with Crippen LogP contribution in [0, 0.1) is 13.8 Å². The number of carbonyl (C=O) groups is 1. The molecule has 3 rings (SSSR count). The SMILES string of the molecule is Cc1ccc(-c2csc(COc3ccc(C(=O)O)cc3)n2)cc1C. The van der Waals surface area contributed by atoms with Crippen molar-refractivity contribution in [2.24, 2.45) is 0 Å². The van der Waals surface area contributed by atoms with E-state index in [1.807, 2.05) is 5.38 Å². The summed E-state index contributed by atoms with van der Waals surface area (Å²) in [6.07, 6.45) is 0. The number of aromatic carboxylic acids is 1. The second-order valence-corrected chi connectivity index (χ2v) is 6.49. The number of nitrogens with zero attached hydrogens (tertiary/aromatic N) is 1. The van der Waals surface area contributed by atoms with Gasteiger partial charge in [0.1, 0.15) is 17.4 Å². The molecule has 24 heavy (non-hydrogen) atoms. The quantitative estimate of drug-likeness (QED) is 0.732. The average molecular weight is 339 g/mol. The monoisotopic (exact) mass is 339 g/mol. The predicted molar refractivity (Wildman–Crippen MR) is 94.8 cm³/mol. The zero-order valence-electron chi connectivity index (χ0n) is 13.4. The van der Waals surface area contributed by atoms with Crippen molar-refractivity contribution in [3.8, 4) is 17.0 Å². The van der Waals surface area contributed by atoms with Gasteiger partial charge in [0.2, 0.25) is 0 Å². The van der Waals surface area contributed by atoms with Crippen molar-refractivity contribution in [2.45, 2.75) is 20.5 Å². The number of thiazole rings is 1. The molecule has 0 amide bonds. The molecule has 0 atom stereocenters. The highest BCUT2D eigenvalue weighted by atomic mass is 32.1. The van der Waals surface area contributed by atoms with E-state index < -0.39 is 5.97 Å². The Kier molecular flexibility index (Phi) is 4.62. The summed E-state index contributed by atoms with van der Waals surface area (Å²) in [6, 6.07) is 12.7. The highest BCUT2D eigenvalue weighted by molar-refractivity contribution is 7.09. The summed E-state index contributed by atoms with van der Waals surface area (Å²) in [7, 11) is 0. The maximum atomic E-state index is 10.8. The number of rotatable bonds is 5. The second kappa shape index (κ2) is 6.84. The molecule has 1 aromatic heterocycles. The fourth-order valence-corrected chi connectivity index (χ4v) is 2.96. The number of hydrogen-bond donors (Lipinski definition) is 1. The molecular weight excluding hydrogens is 322 g/mol. The zero-order chi connectivity index (χ0) is 17.1. The number of ether oxygens (including phenoxy) is 1. The largest absolute Gasteiger partial charge is 0.486 e. The lowest BCUT2D eigenvalue weighted by molar-refractivity contribution is 0.0697. The van der Waals surface area contributed by atoms with E-state index in [0.717, 1.165) is 16.3 Å². The molecule has 4 nitrogen and oxygen atoms in total. The standard InChI is InChI=1S/C19H17NO3S/c1-12-3-4-15(9-13(12)2)17-11-24-18(20-17)10-23-16-7-5-14(6-8-16)19(21)22/h3-9,11H,10H2,1-2H3,(H,21,22). The first kappa shape index (κ1) is 16.2. The third-order valence-electron chi connectivity index (χ3n) is 3.82. The molecule has 1 heterocycles. The van der Waals surface area contributed by atoms with Crippen LogP contribution in [-0.4, -0.2) is 16.1 Å². The first-order chi connectivity index (χ1) is 11.5. The molecular formula is C19H17NO3S. The van der Waals surface area contributed by atoms with Gasteiger partial charge in [-0.1, -0.05) is 12.1 Å². The van der Waals surface area contributed by atoms with Crippen molar-refractivity contribution in [2.75, 3.05) is 0 Å². The number of aromatic nitrogens is 1. The summed E-state index contributed by atoms with van der Waals surface area (Å²) in [5, 5.41) is 11.8. The molecule has 0 aliphatic carbocycles. The molecule has 0 saturated heterocycles. The Morgan fingerprint density at radius 3 is 2.54 bits per heavy atom. The van der Waals surface area contributed by atoms with Crippen LogP contribution in [0.3, 0.4) is 0 Å². The molecule has 0 spiro atoms. The Labute approximate surface area is 144 Å². The number of benzene rings is 2. The molecule has 1 N–H and O–H groups in total. The van der Waals surface area contributed by atoms with Crippen molar-refractivity contribution in [3.05, 3.63) is 69.5 Å². The van der Waals surface area contributed by atoms with Crippen LogP contribution >= 0.6 is 11.3 Å². The third-order valence-corrected chi connectivity index (χ3v) is 4.64. The van der Waals surface area contributed by atoms with Crippen LogP contribution in [0.1, 0.15) is 26.5 Å². The first-order valence-corrected chi connectivity index (χ1v) is 8.39. The lowest BCUT2D eigenvalue weighted by atomic mass is 10.1. The van der Waals surface area contributed by atoms with E-state index in [1.165, 1.54) is 23.3 Å². The minimum Gasteiger partial charge on any atom is -0.486 e. The fraction of sp³-hybridized carbons (Fsp3) is 0.158. The van der Waals surface area contributed by atoms with E-state index in [9.17, 15) is 4.79 Å². The van der Waals surface area contributed by atoms with Gasteiger partial charge in [0, 0.05) is 10.9 Å². The molecule has 0 saturated carbocycles. The van der Waals surface area contributed by atoms with Crippen LogP contribution < -0.4 is 4.74 Å². The lowest BCUT2D eigenvalue weighted by Crippen LogP contribution is -1.98. The second-order valence-electron chi connectivity index (χ2n) is 5.54. The van der Waals surface area contributed by atoms with Crippen LogP contribution in [0.4, 0.5) is 0 Å². The third kappa shape index (κ3) is 3.63. The van der Waals surface area contributed by atoms with Gasteiger partial charge in [0.15, 0.2) is 0 Å². The summed E-state index contributed by atoms with van der Waals surface area (Å²) < 4.78 is 5.67. The van der Waals surface area contributed by atoms with Gasteiger partial charge in [-0.2, -0.15) is 0 Å². The molecule has 5 heteroatoms. The smallest absolute Gasteiger partial charge is 0.335 e. The number of hydrogen-bond acceptors (Lipinski definition) is 4. The molecule has 3 aromatic rings. The van der Waals surface area contributed by atoms with Gasteiger partial charge in [-0.3, -0.25) is 0 Å². The van der Waals surface area contributed by atoms with E-state index >= 15 is 0 Å². The molecule has 0 fully saturated rings. The van der Waals surface area contributed by atoms with Gasteiger partial charge in [-0.25, -0.2) is 9.78 Å². The average Bonchev–Trinajstić information content (AvgIpc) is 3.05. The highest BCUT2D eigenvalue weighted by Crippen LogP contribution is 2.25. The van der Waals surface area contributed by atoms with E-state index in [1.54, 1.807) is 23.5 Å². The minimum atomic E-state index is -0.945. The van der Waals surface area contributed by atoms with Crippen molar-refractivity contribution < 1.29 is 14.6 Å². The molecule has 0 radical (unpaired) electrons. The zero-order valence-corrected chi connectivity index (χ0v) is 14.3. The lowest BCUT2D eigenvalue weighted by Gasteiger charge is -2.04. The van der Waals surface area contributed by atoms with Crippen molar-refractivity contribution >= 4 is 17.3 Å². The van der Waals surface area contributed by atoms with Crippen molar-refractivity contribution in [3.63, 3.8) is 0 Å². The number of carboxylic acids is 1. The summed E-state index contributed by atoms with van der Waals surface area (Å²) in [5.41, 5.74) is 4.81. The van der Waals surface area contributed by atoms with Gasteiger partial charge in [-0.05, 0) is 55.3 Å². The Balaban J connectivity index is 1.67. The topological polar surface area (TPSA) is 59.4 Å². The predicted octanol–water partition coefficient (Wildman–Crippen LogP) is 4.70. The van der Waals surface area contributed by atoms with E-state index in [2.05, 4.69) is 37.0 Å². The van der Waals surface area contributed by atoms with E-state index in [-0.39, 0.29) is 5.56 Å². The highest BCUT2D eigenvalue weighted by Gasteiger charge is 2.07. The Bertz CT molecular complexity index is 869. The van der Waals surface area contributed by atoms with E-state index in [0.29, 0.717) is 12.4 Å². The van der Waals surface area contributed by atoms with Crippen molar-refractivity contribution in [1.82, 2.24) is 4.98 Å². The molecule has 0 aliphatic heterocycles. The summed E-state index contributed by atoms with van der Waals surface area (Å²) in [4.78, 5) is 15.4. The minimum absolute atomic E-state index is 0.244. The van der Waals surface area contributed by atoms with Crippen LogP contribution in [0.2, 0.25) is 0 Å². The normalized spacial score (nSPS) is 10.6. The summed E-state index contributed by atoms with van der Waals surface area (Å²) >= 11 is 1.55. The summed E-state index contributed by atoms with van der Waals surface area (Å²) in [6.45, 7) is 4.55. The van der Waals surface area contributed by atoms with Crippen LogP contribution in [0.25, 0.3) is 11.3 Å². The van der Waals surface area contributed by atoms with Gasteiger partial charge >= 0.3 is 5.97 Å². The molecule has 2 aromatic carbocycles. The van der Waals surface area contributed by atoms with Gasteiger partial charge in [0.25, 0.3) is 0 Å². The van der Waals surface area contributed by atoms with E-state index in [4.69, 9.17) is 9.84 Å². The Morgan fingerprint density at radius 2 is 1.88 bits per heavy atom. The maximum Gasteiger partial charge on any atom is 0.335 e. The Hall–Kier alpha value is -2.66. The van der Waals surface area contributed by atoms with Crippen LogP contribution in [0.5, 0.6) is 5.75 Å². The van der Waals surface area contributed by atoms with Gasteiger partial charge in [0.05, 0.1) is 11.3 Å². The fourth-order valence-electron chi connectivity index (χ4n) is 2.25. The molecule has 122 valence electrons. The number of carboxylic acid groups (broad SMARTS) is 1. The van der Waals surface area contributed by atoms with Gasteiger partial charge in [-0.15, -0.1) is 11.3 Å². The van der Waals surface area contributed by atoms with Crippen LogP contribution in [0.15, 0.2) is 47.8 Å². The molecule has 0 unspecified atom stereocenters. The van der Waals surface area contributed by atoms with Crippen LogP contribution in [-0.2, 0) is 6.61 Å². The maximum absolute atomic E-state index is 10.8. The van der Waals surface area contributed by atoms with Crippen molar-refractivity contribution in [1.29, 1.82) is 0 Å². The first-order valence-electron chi connectivity index (χ1n) is 7.51. The Morgan fingerprint density at radius 1 is 1.12 bits per heavy atom.